The number of ether oxygens (including phenoxy) is 1. The Labute approximate surface area is 52.6 Å². The first kappa shape index (κ1) is 4.99. The van der Waals surface area contributed by atoms with E-state index in [4.69, 9.17) is 4.74 Å². The van der Waals surface area contributed by atoms with Gasteiger partial charge in [-0.1, -0.05) is 5.16 Å². The molecule has 0 aliphatic carbocycles. The zero-order valence-corrected chi connectivity index (χ0v) is 4.91. The molecule has 9 heavy (non-hydrogen) atoms. The summed E-state index contributed by atoms with van der Waals surface area (Å²) >= 11 is 0. The lowest BCUT2D eigenvalue weighted by Gasteiger charge is -1.83. The predicted molar refractivity (Wildman–Crippen MR) is 29.9 cm³/mol. The first-order valence-electron chi connectivity index (χ1n) is 2.96. The average Bonchev–Trinajstić information content (AvgIpc) is 2.46. The van der Waals surface area contributed by atoms with Crippen LogP contribution in [0.5, 0.6) is 0 Å². The molecule has 2 rings (SSSR count). The molecule has 1 aliphatic rings. The molecule has 0 amide bonds. The number of epoxide rings is 1. The second-order valence-electron chi connectivity index (χ2n) is 2.15. The Morgan fingerprint density at radius 3 is 3.22 bits per heavy atom. The summed E-state index contributed by atoms with van der Waals surface area (Å²) in [6.45, 7) is 0.882. The molecule has 2 heterocycles. The van der Waals surface area contributed by atoms with Crippen molar-refractivity contribution >= 4 is 0 Å². The van der Waals surface area contributed by atoms with E-state index >= 15 is 0 Å². The minimum atomic E-state index is 0.412. The average molecular weight is 125 g/mol. The molecule has 0 radical (unpaired) electrons. The first-order valence-corrected chi connectivity index (χ1v) is 2.96. The van der Waals surface area contributed by atoms with Crippen molar-refractivity contribution in [2.75, 3.05) is 6.61 Å². The normalized spacial score (nSPS) is 24.2. The highest BCUT2D eigenvalue weighted by atomic mass is 16.6. The van der Waals surface area contributed by atoms with Crippen LogP contribution in [0, 0.1) is 0 Å². The van der Waals surface area contributed by atoms with Gasteiger partial charge in [0.15, 0.2) is 0 Å². The van der Waals surface area contributed by atoms with Crippen molar-refractivity contribution < 1.29 is 9.26 Å². The molecule has 0 saturated carbocycles. The summed E-state index contributed by atoms with van der Waals surface area (Å²) in [6.07, 6.45) is 2.89. The van der Waals surface area contributed by atoms with Crippen LogP contribution >= 0.6 is 0 Å². The van der Waals surface area contributed by atoms with Gasteiger partial charge >= 0.3 is 0 Å². The fourth-order valence-electron chi connectivity index (χ4n) is 0.762. The lowest BCUT2D eigenvalue weighted by Crippen LogP contribution is -1.91. The monoisotopic (exact) mass is 125 g/mol. The van der Waals surface area contributed by atoms with Gasteiger partial charge < -0.3 is 9.26 Å². The maximum Gasteiger partial charge on any atom is 0.124 e. The summed E-state index contributed by atoms with van der Waals surface area (Å²) in [5.41, 5.74) is 0.984. The molecule has 1 unspecified atom stereocenters. The van der Waals surface area contributed by atoms with E-state index in [1.165, 1.54) is 0 Å². The Morgan fingerprint density at radius 1 is 1.78 bits per heavy atom. The van der Waals surface area contributed by atoms with Crippen molar-refractivity contribution in [3.63, 3.8) is 0 Å². The molecule has 0 aromatic carbocycles. The summed E-state index contributed by atoms with van der Waals surface area (Å²) in [5, 5.41) is 3.74. The first-order chi connectivity index (χ1) is 4.45. The largest absolute Gasteiger partial charge is 0.373 e. The molecule has 1 atom stereocenters. The van der Waals surface area contributed by atoms with Crippen LogP contribution in [0.4, 0.5) is 0 Å². The maximum atomic E-state index is 5.00. The van der Waals surface area contributed by atoms with Gasteiger partial charge in [0.25, 0.3) is 0 Å². The highest BCUT2D eigenvalue weighted by Gasteiger charge is 2.23. The molecule has 0 bridgehead atoms. The molecular weight excluding hydrogens is 118 g/mol. The van der Waals surface area contributed by atoms with E-state index in [-0.39, 0.29) is 0 Å². The minimum absolute atomic E-state index is 0.412. The van der Waals surface area contributed by atoms with Crippen molar-refractivity contribution in [2.24, 2.45) is 0 Å². The molecule has 0 N–H and O–H groups in total. The quantitative estimate of drug-likeness (QED) is 0.544. The van der Waals surface area contributed by atoms with Crippen LogP contribution in [-0.4, -0.2) is 17.9 Å². The predicted octanol–water partition coefficient (Wildman–Crippen LogP) is 0.616. The summed E-state index contributed by atoms with van der Waals surface area (Å²) in [5.74, 6) is 0. The van der Waals surface area contributed by atoms with Gasteiger partial charge in [-0.25, -0.2) is 0 Å². The SMILES string of the molecule is c1cc(CC2CO2)no1. The van der Waals surface area contributed by atoms with E-state index in [0.717, 1.165) is 18.7 Å². The van der Waals surface area contributed by atoms with Gasteiger partial charge in [0.1, 0.15) is 6.26 Å². The molecule has 1 saturated heterocycles. The van der Waals surface area contributed by atoms with Crippen molar-refractivity contribution in [2.45, 2.75) is 12.5 Å². The van der Waals surface area contributed by atoms with Gasteiger partial charge in [0.2, 0.25) is 0 Å². The molecule has 3 nitrogen and oxygen atoms in total. The van der Waals surface area contributed by atoms with Gasteiger partial charge in [-0.3, -0.25) is 0 Å². The summed E-state index contributed by atoms with van der Waals surface area (Å²) < 4.78 is 9.64. The lowest BCUT2D eigenvalue weighted by molar-refractivity contribution is 0.387. The Kier molecular flexibility index (Phi) is 1.02. The van der Waals surface area contributed by atoms with Gasteiger partial charge in [-0.15, -0.1) is 0 Å². The van der Waals surface area contributed by atoms with E-state index in [1.807, 2.05) is 6.07 Å². The number of nitrogens with zero attached hydrogens (tertiary/aromatic N) is 1. The van der Waals surface area contributed by atoms with Crippen LogP contribution in [0.1, 0.15) is 5.69 Å². The standard InChI is InChI=1S/C6H7NO2/c1-2-9-7-5(1)3-6-4-8-6/h1-2,6H,3-4H2. The van der Waals surface area contributed by atoms with Crippen LogP contribution in [0.2, 0.25) is 0 Å². The Bertz CT molecular complexity index is 179. The highest BCUT2D eigenvalue weighted by Crippen LogP contribution is 2.13. The molecule has 1 aromatic rings. The van der Waals surface area contributed by atoms with E-state index in [1.54, 1.807) is 6.26 Å². The maximum absolute atomic E-state index is 5.00. The van der Waals surface area contributed by atoms with Crippen molar-refractivity contribution in [1.29, 1.82) is 0 Å². The smallest absolute Gasteiger partial charge is 0.124 e. The second kappa shape index (κ2) is 1.84. The fourth-order valence-corrected chi connectivity index (χ4v) is 0.762. The van der Waals surface area contributed by atoms with Gasteiger partial charge in [-0.2, -0.15) is 0 Å². The Balaban J connectivity index is 1.99. The molecule has 48 valence electrons. The van der Waals surface area contributed by atoms with E-state index in [2.05, 4.69) is 9.68 Å². The molecule has 0 spiro atoms. The molecule has 1 fully saturated rings. The number of hydrogen-bond donors (Lipinski definition) is 0. The van der Waals surface area contributed by atoms with E-state index in [0.29, 0.717) is 6.10 Å². The van der Waals surface area contributed by atoms with Crippen LogP contribution < -0.4 is 0 Å². The van der Waals surface area contributed by atoms with Crippen LogP contribution in [-0.2, 0) is 11.2 Å². The van der Waals surface area contributed by atoms with Crippen LogP contribution in [0.25, 0.3) is 0 Å². The lowest BCUT2D eigenvalue weighted by atomic mass is 10.2. The molecule has 1 aliphatic heterocycles. The van der Waals surface area contributed by atoms with Gasteiger partial charge in [0.05, 0.1) is 18.4 Å². The van der Waals surface area contributed by atoms with Gasteiger partial charge in [0, 0.05) is 12.5 Å². The van der Waals surface area contributed by atoms with Crippen molar-refractivity contribution in [3.8, 4) is 0 Å². The third-order valence-corrected chi connectivity index (χ3v) is 1.33. The number of aromatic nitrogens is 1. The third-order valence-electron chi connectivity index (χ3n) is 1.33. The third kappa shape index (κ3) is 1.10. The highest BCUT2D eigenvalue weighted by molar-refractivity contribution is 4.99. The van der Waals surface area contributed by atoms with E-state index < -0.39 is 0 Å². The van der Waals surface area contributed by atoms with Gasteiger partial charge in [-0.05, 0) is 0 Å². The zero-order chi connectivity index (χ0) is 6.10. The zero-order valence-electron chi connectivity index (χ0n) is 4.91. The molecule has 3 heteroatoms. The Morgan fingerprint density at radius 2 is 2.67 bits per heavy atom. The molecule has 1 aromatic heterocycles. The summed E-state index contributed by atoms with van der Waals surface area (Å²) in [7, 11) is 0. The Hall–Kier alpha value is -0.830. The van der Waals surface area contributed by atoms with Crippen LogP contribution in [0.3, 0.4) is 0 Å². The van der Waals surface area contributed by atoms with Crippen LogP contribution in [0.15, 0.2) is 16.9 Å². The second-order valence-corrected chi connectivity index (χ2v) is 2.15. The van der Waals surface area contributed by atoms with Crippen molar-refractivity contribution in [3.05, 3.63) is 18.0 Å². The summed E-state index contributed by atoms with van der Waals surface area (Å²) in [4.78, 5) is 0. The number of hydrogen-bond acceptors (Lipinski definition) is 3. The summed E-state index contributed by atoms with van der Waals surface area (Å²) in [6, 6.07) is 1.86. The minimum Gasteiger partial charge on any atom is -0.373 e. The number of rotatable bonds is 2. The topological polar surface area (TPSA) is 38.6 Å². The van der Waals surface area contributed by atoms with E-state index in [9.17, 15) is 0 Å². The fraction of sp³-hybridized carbons (Fsp3) is 0.500. The van der Waals surface area contributed by atoms with Crippen molar-refractivity contribution in [1.82, 2.24) is 5.16 Å². The molecular formula is C6H7NO2.